The second-order valence-electron chi connectivity index (χ2n) is 5.72. The zero-order valence-electron chi connectivity index (χ0n) is 13.0. The Balaban J connectivity index is 1.73. The highest BCUT2D eigenvalue weighted by Gasteiger charge is 2.24. The second kappa shape index (κ2) is 6.64. The lowest BCUT2D eigenvalue weighted by molar-refractivity contribution is 0.204. The summed E-state index contributed by atoms with van der Waals surface area (Å²) >= 11 is 0. The maximum atomic E-state index is 12.2. The second-order valence-corrected chi connectivity index (χ2v) is 5.72. The molecule has 0 aromatic carbocycles. The van der Waals surface area contributed by atoms with Crippen molar-refractivity contribution in [3.8, 4) is 11.3 Å². The Bertz CT molecular complexity index is 736. The molecule has 0 unspecified atom stereocenters. The van der Waals surface area contributed by atoms with E-state index in [4.69, 9.17) is 4.42 Å². The van der Waals surface area contributed by atoms with Crippen LogP contribution in [0.4, 0.5) is 10.5 Å². The standard InChI is InChI=1S/C17H19N3O3/c1-20(13-6-2-3-7-13)17(22)19-14-8-9-15(23-16(14)21)12-5-4-10-18-11-12/h4-5,8-11,13H,2-3,6-7H2,1H3,(H,19,22). The van der Waals surface area contributed by atoms with Crippen LogP contribution < -0.4 is 10.9 Å². The largest absolute Gasteiger partial charge is 0.421 e. The predicted octanol–water partition coefficient (Wildman–Crippen LogP) is 3.11. The van der Waals surface area contributed by atoms with Gasteiger partial charge in [0.05, 0.1) is 0 Å². The summed E-state index contributed by atoms with van der Waals surface area (Å²) in [7, 11) is 1.76. The number of anilines is 1. The molecule has 1 fully saturated rings. The van der Waals surface area contributed by atoms with Gasteiger partial charge in [-0.2, -0.15) is 0 Å². The number of amides is 2. The van der Waals surface area contributed by atoms with Crippen LogP contribution in [0.2, 0.25) is 0 Å². The van der Waals surface area contributed by atoms with Crippen molar-refractivity contribution in [3.05, 3.63) is 47.1 Å². The Labute approximate surface area is 134 Å². The van der Waals surface area contributed by atoms with Gasteiger partial charge in [-0.25, -0.2) is 9.59 Å². The Hall–Kier alpha value is -2.63. The van der Waals surface area contributed by atoms with Crippen molar-refractivity contribution in [2.45, 2.75) is 31.7 Å². The minimum Gasteiger partial charge on any atom is -0.421 e. The fourth-order valence-corrected chi connectivity index (χ4v) is 2.83. The van der Waals surface area contributed by atoms with Crippen LogP contribution in [0.15, 0.2) is 45.9 Å². The molecule has 2 amide bonds. The minimum absolute atomic E-state index is 0.146. The molecule has 1 saturated carbocycles. The fourth-order valence-electron chi connectivity index (χ4n) is 2.83. The van der Waals surface area contributed by atoms with Gasteiger partial charge in [-0.1, -0.05) is 12.8 Å². The van der Waals surface area contributed by atoms with Gasteiger partial charge in [-0.3, -0.25) is 4.98 Å². The third-order valence-electron chi connectivity index (χ3n) is 4.20. The van der Waals surface area contributed by atoms with Crippen LogP contribution in [0.25, 0.3) is 11.3 Å². The van der Waals surface area contributed by atoms with Crippen LogP contribution in [-0.2, 0) is 0 Å². The van der Waals surface area contributed by atoms with Crippen molar-refractivity contribution in [2.24, 2.45) is 0 Å². The van der Waals surface area contributed by atoms with Gasteiger partial charge >= 0.3 is 11.7 Å². The summed E-state index contributed by atoms with van der Waals surface area (Å²) in [6, 6.07) is 6.76. The van der Waals surface area contributed by atoms with Crippen LogP contribution in [-0.4, -0.2) is 29.0 Å². The first-order valence-corrected chi connectivity index (χ1v) is 7.73. The Kier molecular flexibility index (Phi) is 4.41. The van der Waals surface area contributed by atoms with Gasteiger partial charge in [-0.05, 0) is 37.1 Å². The molecule has 6 nitrogen and oxygen atoms in total. The number of aromatic nitrogens is 1. The maximum absolute atomic E-state index is 12.2. The first-order valence-electron chi connectivity index (χ1n) is 7.73. The molecule has 2 heterocycles. The molecular weight excluding hydrogens is 294 g/mol. The average molecular weight is 313 g/mol. The molecule has 6 heteroatoms. The number of hydrogen-bond acceptors (Lipinski definition) is 4. The number of nitrogens with zero attached hydrogens (tertiary/aromatic N) is 2. The molecule has 1 aliphatic carbocycles. The molecule has 0 radical (unpaired) electrons. The van der Waals surface area contributed by atoms with Gasteiger partial charge in [0.2, 0.25) is 0 Å². The lowest BCUT2D eigenvalue weighted by Crippen LogP contribution is -2.39. The summed E-state index contributed by atoms with van der Waals surface area (Å²) in [5.41, 5.74) is 0.289. The van der Waals surface area contributed by atoms with Crippen molar-refractivity contribution >= 4 is 11.7 Å². The first-order chi connectivity index (χ1) is 11.1. The van der Waals surface area contributed by atoms with Crippen LogP contribution in [0.1, 0.15) is 25.7 Å². The van der Waals surface area contributed by atoms with Crippen molar-refractivity contribution in [1.82, 2.24) is 9.88 Å². The summed E-state index contributed by atoms with van der Waals surface area (Å²) in [6.45, 7) is 0. The fraction of sp³-hybridized carbons (Fsp3) is 0.353. The number of nitrogens with one attached hydrogen (secondary N) is 1. The van der Waals surface area contributed by atoms with Crippen LogP contribution in [0.5, 0.6) is 0 Å². The van der Waals surface area contributed by atoms with Crippen LogP contribution in [0, 0.1) is 0 Å². The van der Waals surface area contributed by atoms with Gasteiger partial charge in [0, 0.05) is 31.0 Å². The molecule has 23 heavy (non-hydrogen) atoms. The maximum Gasteiger partial charge on any atom is 0.360 e. The van der Waals surface area contributed by atoms with Gasteiger partial charge < -0.3 is 14.6 Å². The van der Waals surface area contributed by atoms with Gasteiger partial charge in [0.25, 0.3) is 0 Å². The molecule has 1 aliphatic rings. The highest BCUT2D eigenvalue weighted by Crippen LogP contribution is 2.23. The molecular formula is C17H19N3O3. The molecule has 2 aromatic rings. The molecule has 0 bridgehead atoms. The van der Waals surface area contributed by atoms with E-state index in [-0.39, 0.29) is 17.8 Å². The molecule has 0 spiro atoms. The van der Waals surface area contributed by atoms with Crippen molar-refractivity contribution in [3.63, 3.8) is 0 Å². The van der Waals surface area contributed by atoms with E-state index in [2.05, 4.69) is 10.3 Å². The van der Waals surface area contributed by atoms with Crippen LogP contribution >= 0.6 is 0 Å². The highest BCUT2D eigenvalue weighted by atomic mass is 16.4. The highest BCUT2D eigenvalue weighted by molar-refractivity contribution is 5.89. The Morgan fingerprint density at radius 1 is 1.30 bits per heavy atom. The first kappa shape index (κ1) is 15.3. The Morgan fingerprint density at radius 2 is 2.09 bits per heavy atom. The number of urea groups is 1. The minimum atomic E-state index is -0.570. The smallest absolute Gasteiger partial charge is 0.360 e. The molecule has 0 saturated heterocycles. The lowest BCUT2D eigenvalue weighted by atomic mass is 10.2. The summed E-state index contributed by atoms with van der Waals surface area (Å²) in [5.74, 6) is 0.422. The van der Waals surface area contributed by atoms with Gasteiger partial charge in [0.15, 0.2) is 0 Å². The molecule has 3 rings (SSSR count). The normalized spacial score (nSPS) is 14.7. The number of rotatable bonds is 3. The van der Waals surface area contributed by atoms with Crippen LogP contribution in [0.3, 0.4) is 0 Å². The summed E-state index contributed by atoms with van der Waals surface area (Å²) in [6.07, 6.45) is 7.57. The third kappa shape index (κ3) is 3.41. The number of hydrogen-bond donors (Lipinski definition) is 1. The van der Waals surface area contributed by atoms with Gasteiger partial charge in [0.1, 0.15) is 11.4 Å². The van der Waals surface area contributed by atoms with E-state index in [1.807, 2.05) is 0 Å². The van der Waals surface area contributed by atoms with E-state index in [9.17, 15) is 9.59 Å². The van der Waals surface area contributed by atoms with E-state index in [1.165, 1.54) is 0 Å². The summed E-state index contributed by atoms with van der Waals surface area (Å²) in [4.78, 5) is 30.0. The topological polar surface area (TPSA) is 75.4 Å². The molecule has 2 aromatic heterocycles. The number of pyridine rings is 1. The van der Waals surface area contributed by atoms with E-state index >= 15 is 0 Å². The molecule has 0 aliphatic heterocycles. The monoisotopic (exact) mass is 313 g/mol. The predicted molar refractivity (Wildman–Crippen MR) is 87.2 cm³/mol. The van der Waals surface area contributed by atoms with E-state index < -0.39 is 5.63 Å². The van der Waals surface area contributed by atoms with Gasteiger partial charge in [-0.15, -0.1) is 0 Å². The summed E-state index contributed by atoms with van der Waals surface area (Å²) < 4.78 is 5.27. The molecule has 120 valence electrons. The summed E-state index contributed by atoms with van der Waals surface area (Å²) in [5, 5.41) is 2.63. The van der Waals surface area contributed by atoms with E-state index in [0.29, 0.717) is 11.3 Å². The number of carbonyl (C=O) groups excluding carboxylic acids is 1. The SMILES string of the molecule is CN(C(=O)Nc1ccc(-c2cccnc2)oc1=O)C1CCCC1. The molecule has 1 N–H and O–H groups in total. The number of carbonyl (C=O) groups is 1. The zero-order valence-corrected chi connectivity index (χ0v) is 13.0. The third-order valence-corrected chi connectivity index (χ3v) is 4.20. The van der Waals surface area contributed by atoms with Crippen molar-refractivity contribution < 1.29 is 9.21 Å². The van der Waals surface area contributed by atoms with E-state index in [0.717, 1.165) is 25.7 Å². The quantitative estimate of drug-likeness (QED) is 0.944. The average Bonchev–Trinajstić information content (AvgIpc) is 3.11. The lowest BCUT2D eigenvalue weighted by Gasteiger charge is -2.24. The van der Waals surface area contributed by atoms with Crippen molar-refractivity contribution in [2.75, 3.05) is 12.4 Å². The van der Waals surface area contributed by atoms with E-state index in [1.54, 1.807) is 48.6 Å². The Morgan fingerprint density at radius 3 is 2.74 bits per heavy atom. The van der Waals surface area contributed by atoms with Crippen molar-refractivity contribution in [1.29, 1.82) is 0 Å². The zero-order chi connectivity index (χ0) is 16.2. The molecule has 0 atom stereocenters.